The van der Waals surface area contributed by atoms with Gasteiger partial charge in [0.05, 0.1) is 7.11 Å². The molecule has 0 amide bonds. The minimum absolute atomic E-state index is 0.245. The van der Waals surface area contributed by atoms with E-state index in [-0.39, 0.29) is 12.2 Å². The highest BCUT2D eigenvalue weighted by atomic mass is 16.5. The third-order valence-electron chi connectivity index (χ3n) is 4.32. The molecule has 3 heteroatoms. The summed E-state index contributed by atoms with van der Waals surface area (Å²) in [7, 11) is 1.32. The van der Waals surface area contributed by atoms with E-state index in [1.54, 1.807) is 6.08 Å². The highest BCUT2D eigenvalue weighted by Gasteiger charge is 2.48. The fraction of sp³-hybridized carbons (Fsp3) is 0.143. The fourth-order valence-electron chi connectivity index (χ4n) is 3.09. The molecule has 2 aromatic rings. The quantitative estimate of drug-likeness (QED) is 0.636. The minimum atomic E-state index is -1.31. The number of hydrogen-bond donors (Lipinski definition) is 0. The van der Waals surface area contributed by atoms with Crippen LogP contribution in [0.1, 0.15) is 23.1 Å². The van der Waals surface area contributed by atoms with Crippen molar-refractivity contribution in [3.63, 3.8) is 0 Å². The first-order valence-electron chi connectivity index (χ1n) is 7.80. The molecular weight excluding hydrogens is 300 g/mol. The first-order chi connectivity index (χ1) is 11.7. The maximum absolute atomic E-state index is 12.7. The molecule has 0 fully saturated rings. The zero-order chi connectivity index (χ0) is 17.0. The lowest BCUT2D eigenvalue weighted by Crippen LogP contribution is -2.45. The molecule has 3 rings (SSSR count). The van der Waals surface area contributed by atoms with Crippen molar-refractivity contribution in [2.24, 2.45) is 0 Å². The Morgan fingerprint density at radius 2 is 1.75 bits per heavy atom. The van der Waals surface area contributed by atoms with Gasteiger partial charge in [0.25, 0.3) is 0 Å². The van der Waals surface area contributed by atoms with Crippen LogP contribution >= 0.6 is 0 Å². The van der Waals surface area contributed by atoms with E-state index >= 15 is 0 Å². The van der Waals surface area contributed by atoms with E-state index in [4.69, 9.17) is 4.74 Å². The summed E-state index contributed by atoms with van der Waals surface area (Å²) < 4.78 is 5.00. The van der Waals surface area contributed by atoms with Gasteiger partial charge in [0, 0.05) is 0 Å². The van der Waals surface area contributed by atoms with Crippen LogP contribution in [-0.4, -0.2) is 18.9 Å². The second-order valence-electron chi connectivity index (χ2n) is 5.70. The van der Waals surface area contributed by atoms with Crippen LogP contribution in [0, 0.1) is 0 Å². The van der Waals surface area contributed by atoms with E-state index < -0.39 is 11.4 Å². The third-order valence-corrected chi connectivity index (χ3v) is 4.32. The normalized spacial score (nSPS) is 19.3. The second-order valence-corrected chi connectivity index (χ2v) is 5.70. The molecule has 120 valence electrons. The van der Waals surface area contributed by atoms with Gasteiger partial charge in [-0.25, -0.2) is 0 Å². The van der Waals surface area contributed by atoms with Crippen LogP contribution in [0.5, 0.6) is 0 Å². The van der Waals surface area contributed by atoms with Gasteiger partial charge in [0.1, 0.15) is 0 Å². The summed E-state index contributed by atoms with van der Waals surface area (Å²) in [6.45, 7) is 0. The average Bonchev–Trinajstić information content (AvgIpc) is 2.64. The molecule has 0 saturated carbocycles. The molecule has 0 heterocycles. The number of hydrogen-bond acceptors (Lipinski definition) is 3. The predicted molar refractivity (Wildman–Crippen MR) is 94.3 cm³/mol. The number of fused-ring (bicyclic) bond motifs is 1. The first kappa shape index (κ1) is 15.9. The van der Waals surface area contributed by atoms with Crippen molar-refractivity contribution in [3.05, 3.63) is 83.4 Å². The summed E-state index contributed by atoms with van der Waals surface area (Å²) >= 11 is 0. The SMILES string of the molecule is COC(=O)C1(C/C=C/c2ccccc2)C(=O)C=Cc2ccccc21. The zero-order valence-corrected chi connectivity index (χ0v) is 13.4. The maximum atomic E-state index is 12.7. The Bertz CT molecular complexity index is 818. The predicted octanol–water partition coefficient (Wildman–Crippen LogP) is 3.80. The van der Waals surface area contributed by atoms with Gasteiger partial charge in [-0.15, -0.1) is 0 Å². The van der Waals surface area contributed by atoms with E-state index in [0.29, 0.717) is 5.56 Å². The van der Waals surface area contributed by atoms with Gasteiger partial charge in [-0.2, -0.15) is 0 Å². The Morgan fingerprint density at radius 3 is 2.50 bits per heavy atom. The lowest BCUT2D eigenvalue weighted by Gasteiger charge is -2.31. The summed E-state index contributed by atoms with van der Waals surface area (Å²) in [6.07, 6.45) is 7.25. The monoisotopic (exact) mass is 318 g/mol. The van der Waals surface area contributed by atoms with E-state index in [1.807, 2.05) is 66.7 Å². The Kier molecular flexibility index (Phi) is 4.43. The second kappa shape index (κ2) is 6.67. The van der Waals surface area contributed by atoms with E-state index in [2.05, 4.69) is 0 Å². The highest BCUT2D eigenvalue weighted by molar-refractivity contribution is 6.18. The smallest absolute Gasteiger partial charge is 0.324 e. The van der Waals surface area contributed by atoms with Crippen molar-refractivity contribution >= 4 is 23.9 Å². The molecule has 1 aliphatic carbocycles. The van der Waals surface area contributed by atoms with Crippen LogP contribution in [0.2, 0.25) is 0 Å². The Labute approximate surface area is 141 Å². The van der Waals surface area contributed by atoms with Gasteiger partial charge in [-0.3, -0.25) is 9.59 Å². The Hall–Kier alpha value is -2.94. The standard InChI is InChI=1S/C21H18O3/c1-24-20(23)21(15-7-10-16-8-3-2-4-9-16)18-12-6-5-11-17(18)13-14-19(21)22/h2-14H,15H2,1H3/b10-7+. The summed E-state index contributed by atoms with van der Waals surface area (Å²) in [6, 6.07) is 17.2. The number of ether oxygens (including phenoxy) is 1. The van der Waals surface area contributed by atoms with Crippen LogP contribution in [0.25, 0.3) is 12.2 Å². The van der Waals surface area contributed by atoms with Crippen molar-refractivity contribution < 1.29 is 14.3 Å². The Morgan fingerprint density at radius 1 is 1.04 bits per heavy atom. The number of allylic oxidation sites excluding steroid dienone is 2. The van der Waals surface area contributed by atoms with Crippen LogP contribution in [0.4, 0.5) is 0 Å². The third kappa shape index (κ3) is 2.69. The van der Waals surface area contributed by atoms with Crippen molar-refractivity contribution in [3.8, 4) is 0 Å². The summed E-state index contributed by atoms with van der Waals surface area (Å²) in [5, 5.41) is 0. The van der Waals surface area contributed by atoms with E-state index in [9.17, 15) is 9.59 Å². The largest absolute Gasteiger partial charge is 0.468 e. The minimum Gasteiger partial charge on any atom is -0.468 e. The summed E-state index contributed by atoms with van der Waals surface area (Å²) in [5.74, 6) is -0.771. The van der Waals surface area contributed by atoms with Gasteiger partial charge >= 0.3 is 5.97 Å². The van der Waals surface area contributed by atoms with Crippen LogP contribution in [0.3, 0.4) is 0 Å². The molecule has 0 spiro atoms. The molecule has 0 aliphatic heterocycles. The first-order valence-corrected chi connectivity index (χ1v) is 7.80. The van der Waals surface area contributed by atoms with Crippen molar-refractivity contribution in [2.75, 3.05) is 7.11 Å². The molecule has 2 aromatic carbocycles. The van der Waals surface area contributed by atoms with Crippen LogP contribution in [0.15, 0.2) is 66.7 Å². The van der Waals surface area contributed by atoms with Crippen molar-refractivity contribution in [1.82, 2.24) is 0 Å². The summed E-state index contributed by atoms with van der Waals surface area (Å²) in [5.41, 5.74) is 1.27. The van der Waals surface area contributed by atoms with E-state index in [1.165, 1.54) is 13.2 Å². The molecule has 0 radical (unpaired) electrons. The van der Waals surface area contributed by atoms with Crippen LogP contribution in [-0.2, 0) is 19.7 Å². The molecule has 1 aliphatic rings. The molecule has 3 nitrogen and oxygen atoms in total. The van der Waals surface area contributed by atoms with Gasteiger partial charge in [0.15, 0.2) is 11.2 Å². The van der Waals surface area contributed by atoms with E-state index in [0.717, 1.165) is 11.1 Å². The molecule has 0 saturated heterocycles. The molecule has 0 bridgehead atoms. The molecule has 1 unspecified atom stereocenters. The molecule has 1 atom stereocenters. The number of carbonyl (C=O) groups is 2. The zero-order valence-electron chi connectivity index (χ0n) is 13.4. The number of carbonyl (C=O) groups excluding carboxylic acids is 2. The Balaban J connectivity index is 2.03. The van der Waals surface area contributed by atoms with Gasteiger partial charge in [0.2, 0.25) is 0 Å². The van der Waals surface area contributed by atoms with Crippen molar-refractivity contribution in [1.29, 1.82) is 0 Å². The average molecular weight is 318 g/mol. The number of esters is 1. The molecule has 0 aromatic heterocycles. The highest BCUT2D eigenvalue weighted by Crippen LogP contribution is 2.38. The van der Waals surface area contributed by atoms with Gasteiger partial charge in [-0.1, -0.05) is 72.8 Å². The van der Waals surface area contributed by atoms with Gasteiger partial charge < -0.3 is 4.74 Å². The number of methoxy groups -OCH3 is 1. The number of rotatable bonds is 4. The number of ketones is 1. The fourth-order valence-corrected chi connectivity index (χ4v) is 3.09. The van der Waals surface area contributed by atoms with Gasteiger partial charge in [-0.05, 0) is 29.2 Å². The van der Waals surface area contributed by atoms with Crippen LogP contribution < -0.4 is 0 Å². The lowest BCUT2D eigenvalue weighted by molar-refractivity contribution is -0.150. The molecule has 24 heavy (non-hydrogen) atoms. The molecular formula is C21H18O3. The summed E-state index contributed by atoms with van der Waals surface area (Å²) in [4.78, 5) is 25.3. The topological polar surface area (TPSA) is 43.4 Å². The lowest BCUT2D eigenvalue weighted by atomic mass is 9.69. The molecule has 0 N–H and O–H groups in total. The maximum Gasteiger partial charge on any atom is 0.324 e. The van der Waals surface area contributed by atoms with Crippen molar-refractivity contribution in [2.45, 2.75) is 11.8 Å². The number of benzene rings is 2.